The van der Waals surface area contributed by atoms with Crippen molar-refractivity contribution < 1.29 is 0 Å². The molecule has 0 N–H and O–H groups in total. The lowest BCUT2D eigenvalue weighted by atomic mass is 9.87. The Hall–Kier alpha value is -6.24. The van der Waals surface area contributed by atoms with Gasteiger partial charge in [0.15, 0.2) is 0 Å². The van der Waals surface area contributed by atoms with Crippen LogP contribution in [0.2, 0.25) is 0 Å². The SMILES string of the molecule is c1ccc2cc(-c3ccc4c(c3)cc(-c3cc5ccccc5c5ccccc35)c3cc(-c5ccc6ccccc6c5)ccc34)ccc2c1. The number of fused-ring (bicyclic) bond motifs is 8. The van der Waals surface area contributed by atoms with E-state index in [2.05, 4.69) is 182 Å². The second-order valence-corrected chi connectivity index (χ2v) is 12.9. The van der Waals surface area contributed by atoms with Gasteiger partial charge in [0.1, 0.15) is 0 Å². The second-order valence-electron chi connectivity index (χ2n) is 12.9. The van der Waals surface area contributed by atoms with Crippen LogP contribution in [0.4, 0.5) is 0 Å². The number of benzene rings is 10. The van der Waals surface area contributed by atoms with Crippen LogP contribution < -0.4 is 0 Å². The standard InChI is InChI=1S/C48H30/c1-3-11-33-25-35(19-17-31(33)9-1)37-21-23-42-40(27-37)30-48(47-29-39-13-5-6-14-41(39)43-15-7-8-16-44(43)47)46-28-38(22-24-45(42)46)36-20-18-32-10-2-4-12-34(32)26-36/h1-30H. The minimum absolute atomic E-state index is 1.23. The van der Waals surface area contributed by atoms with Crippen LogP contribution in [-0.2, 0) is 0 Å². The van der Waals surface area contributed by atoms with Crippen molar-refractivity contribution in [2.24, 2.45) is 0 Å². The molecule has 0 heterocycles. The van der Waals surface area contributed by atoms with Gasteiger partial charge < -0.3 is 0 Å². The normalized spacial score (nSPS) is 11.8. The third-order valence-corrected chi connectivity index (χ3v) is 10.2. The molecule has 10 aromatic carbocycles. The van der Waals surface area contributed by atoms with Crippen molar-refractivity contribution in [3.8, 4) is 33.4 Å². The molecule has 0 saturated carbocycles. The molecule has 0 aliphatic heterocycles. The van der Waals surface area contributed by atoms with Gasteiger partial charge in [-0.3, -0.25) is 0 Å². The smallest absolute Gasteiger partial charge is 0.00923 e. The highest BCUT2D eigenvalue weighted by Crippen LogP contribution is 2.43. The van der Waals surface area contributed by atoms with E-state index in [1.165, 1.54) is 98.0 Å². The molecule has 0 bridgehead atoms. The molecule has 0 atom stereocenters. The van der Waals surface area contributed by atoms with Crippen molar-refractivity contribution in [3.63, 3.8) is 0 Å². The van der Waals surface area contributed by atoms with Crippen LogP contribution in [0.1, 0.15) is 0 Å². The van der Waals surface area contributed by atoms with E-state index in [0.29, 0.717) is 0 Å². The summed E-state index contributed by atoms with van der Waals surface area (Å²) in [4.78, 5) is 0. The predicted octanol–water partition coefficient (Wildman–Crippen LogP) is 13.6. The Labute approximate surface area is 279 Å². The Morgan fingerprint density at radius 2 is 0.583 bits per heavy atom. The van der Waals surface area contributed by atoms with Gasteiger partial charge >= 0.3 is 0 Å². The Morgan fingerprint density at radius 1 is 0.188 bits per heavy atom. The van der Waals surface area contributed by atoms with Gasteiger partial charge in [-0.05, 0) is 134 Å². The summed E-state index contributed by atoms with van der Waals surface area (Å²) in [6, 6.07) is 67.3. The first-order chi connectivity index (χ1) is 23.8. The molecule has 0 amide bonds. The minimum atomic E-state index is 1.23. The average Bonchev–Trinajstić information content (AvgIpc) is 3.16. The monoisotopic (exact) mass is 606 g/mol. The lowest BCUT2D eigenvalue weighted by molar-refractivity contribution is 1.66. The van der Waals surface area contributed by atoms with Gasteiger partial charge in [0.2, 0.25) is 0 Å². The summed E-state index contributed by atoms with van der Waals surface area (Å²) in [6.07, 6.45) is 0. The first-order valence-electron chi connectivity index (χ1n) is 16.7. The molecule has 0 spiro atoms. The van der Waals surface area contributed by atoms with Gasteiger partial charge in [0.05, 0.1) is 0 Å². The van der Waals surface area contributed by atoms with Crippen LogP contribution in [0.5, 0.6) is 0 Å². The molecule has 0 saturated heterocycles. The molecule has 0 unspecified atom stereocenters. The van der Waals surface area contributed by atoms with E-state index >= 15 is 0 Å². The van der Waals surface area contributed by atoms with E-state index in [1.807, 2.05) is 0 Å². The van der Waals surface area contributed by atoms with Crippen molar-refractivity contribution >= 4 is 64.6 Å². The maximum Gasteiger partial charge on any atom is -0.00923 e. The molecular formula is C48H30. The summed E-state index contributed by atoms with van der Waals surface area (Å²) in [7, 11) is 0. The number of hydrogen-bond donors (Lipinski definition) is 0. The highest BCUT2D eigenvalue weighted by Gasteiger charge is 2.15. The fourth-order valence-electron chi connectivity index (χ4n) is 7.76. The largest absolute Gasteiger partial charge is 0.0616 e. The van der Waals surface area contributed by atoms with Gasteiger partial charge in [-0.2, -0.15) is 0 Å². The molecule has 48 heavy (non-hydrogen) atoms. The number of rotatable bonds is 3. The summed E-state index contributed by atoms with van der Waals surface area (Å²) in [5.74, 6) is 0. The molecule has 10 aromatic rings. The summed E-state index contributed by atoms with van der Waals surface area (Å²) in [5.41, 5.74) is 7.46. The van der Waals surface area contributed by atoms with E-state index in [0.717, 1.165) is 0 Å². The fraction of sp³-hybridized carbons (Fsp3) is 0. The highest BCUT2D eigenvalue weighted by atomic mass is 14.2. The molecule has 0 nitrogen and oxygen atoms in total. The van der Waals surface area contributed by atoms with Crippen LogP contribution >= 0.6 is 0 Å². The molecule has 10 rings (SSSR count). The molecule has 222 valence electrons. The third-order valence-electron chi connectivity index (χ3n) is 10.2. The zero-order valence-corrected chi connectivity index (χ0v) is 26.3. The Morgan fingerprint density at radius 3 is 1.25 bits per heavy atom. The highest BCUT2D eigenvalue weighted by molar-refractivity contribution is 6.21. The summed E-state index contributed by atoms with van der Waals surface area (Å²) >= 11 is 0. The maximum absolute atomic E-state index is 2.43. The molecule has 0 aromatic heterocycles. The van der Waals surface area contributed by atoms with Crippen LogP contribution in [-0.4, -0.2) is 0 Å². The Balaban J connectivity index is 1.27. The molecule has 0 aliphatic rings. The third kappa shape index (κ3) is 4.31. The van der Waals surface area contributed by atoms with Gasteiger partial charge in [-0.1, -0.05) is 146 Å². The van der Waals surface area contributed by atoms with Gasteiger partial charge in [-0.15, -0.1) is 0 Å². The molecule has 0 aliphatic carbocycles. The Bertz CT molecular complexity index is 2890. The summed E-state index contributed by atoms with van der Waals surface area (Å²) in [5, 5.41) is 15.2. The average molecular weight is 607 g/mol. The van der Waals surface area contributed by atoms with Crippen molar-refractivity contribution in [1.82, 2.24) is 0 Å². The Kier molecular flexibility index (Phi) is 5.98. The van der Waals surface area contributed by atoms with E-state index in [9.17, 15) is 0 Å². The maximum atomic E-state index is 2.43. The van der Waals surface area contributed by atoms with Crippen LogP contribution in [0, 0.1) is 0 Å². The lowest BCUT2D eigenvalue weighted by Crippen LogP contribution is -1.90. The van der Waals surface area contributed by atoms with Gasteiger partial charge in [0.25, 0.3) is 0 Å². The number of hydrogen-bond acceptors (Lipinski definition) is 0. The predicted molar refractivity (Wildman–Crippen MR) is 208 cm³/mol. The van der Waals surface area contributed by atoms with E-state index in [1.54, 1.807) is 0 Å². The zero-order valence-electron chi connectivity index (χ0n) is 26.3. The van der Waals surface area contributed by atoms with Gasteiger partial charge in [-0.25, -0.2) is 0 Å². The van der Waals surface area contributed by atoms with Crippen LogP contribution in [0.25, 0.3) is 98.0 Å². The van der Waals surface area contributed by atoms with Crippen molar-refractivity contribution in [3.05, 3.63) is 182 Å². The van der Waals surface area contributed by atoms with Crippen LogP contribution in [0.15, 0.2) is 182 Å². The fourth-order valence-corrected chi connectivity index (χ4v) is 7.76. The van der Waals surface area contributed by atoms with E-state index in [4.69, 9.17) is 0 Å². The molecular weight excluding hydrogens is 577 g/mol. The lowest BCUT2D eigenvalue weighted by Gasteiger charge is -2.17. The minimum Gasteiger partial charge on any atom is -0.0616 e. The van der Waals surface area contributed by atoms with E-state index in [-0.39, 0.29) is 0 Å². The first-order valence-corrected chi connectivity index (χ1v) is 16.7. The zero-order chi connectivity index (χ0) is 31.6. The summed E-state index contributed by atoms with van der Waals surface area (Å²) < 4.78 is 0. The first kappa shape index (κ1) is 26.9. The van der Waals surface area contributed by atoms with Crippen LogP contribution in [0.3, 0.4) is 0 Å². The molecule has 0 heteroatoms. The van der Waals surface area contributed by atoms with Crippen molar-refractivity contribution in [2.45, 2.75) is 0 Å². The quantitative estimate of drug-likeness (QED) is 0.176. The summed E-state index contributed by atoms with van der Waals surface area (Å²) in [6.45, 7) is 0. The van der Waals surface area contributed by atoms with Crippen molar-refractivity contribution in [1.29, 1.82) is 0 Å². The van der Waals surface area contributed by atoms with Gasteiger partial charge in [0, 0.05) is 0 Å². The van der Waals surface area contributed by atoms with E-state index < -0.39 is 0 Å². The van der Waals surface area contributed by atoms with Crippen molar-refractivity contribution in [2.75, 3.05) is 0 Å². The molecule has 0 radical (unpaired) electrons. The molecule has 0 fully saturated rings. The topological polar surface area (TPSA) is 0 Å². The second kappa shape index (κ2) is 10.7.